The van der Waals surface area contributed by atoms with E-state index in [2.05, 4.69) is 40.3 Å². The molecule has 0 unspecified atom stereocenters. The highest BCUT2D eigenvalue weighted by Gasteiger charge is 2.15. The van der Waals surface area contributed by atoms with Crippen LogP contribution in [0, 0.1) is 6.92 Å². The Morgan fingerprint density at radius 1 is 0.657 bits per heavy atom. The number of alkyl halides is 1. The summed E-state index contributed by atoms with van der Waals surface area (Å²) in [5, 5.41) is 4.57. The summed E-state index contributed by atoms with van der Waals surface area (Å²) in [6.07, 6.45) is 0. The summed E-state index contributed by atoms with van der Waals surface area (Å²) in [6.45, 7) is 1.90. The molecule has 0 aliphatic carbocycles. The van der Waals surface area contributed by atoms with Gasteiger partial charge in [-0.15, -0.1) is 11.6 Å². The van der Waals surface area contributed by atoms with Crippen molar-refractivity contribution in [3.63, 3.8) is 0 Å². The third-order valence-corrected chi connectivity index (χ3v) is 5.98. The zero-order valence-electron chi connectivity index (χ0n) is 19.0. The molecule has 4 N–H and O–H groups in total. The number of halogens is 1. The zero-order chi connectivity index (χ0) is 24.4. The predicted molar refractivity (Wildman–Crippen MR) is 142 cm³/mol. The minimum Gasteiger partial charge on any atom is -0.423 e. The molecule has 2 aromatic heterocycles. The van der Waals surface area contributed by atoms with E-state index in [4.69, 9.17) is 31.9 Å². The Bertz CT molecular complexity index is 1630. The van der Waals surface area contributed by atoms with Gasteiger partial charge in [-0.3, -0.25) is 0 Å². The maximum atomic E-state index is 5.87. The molecule has 7 heteroatoms. The maximum absolute atomic E-state index is 5.87. The number of aromatic nitrogens is 2. The SMILES string of the molecule is Cc1nc(N)oc1-c1cccc2ccccc12.Nc1nc(CCl)c(-c2cccc3ccccc23)o1. The molecule has 0 aliphatic rings. The van der Waals surface area contributed by atoms with Crippen molar-refractivity contribution in [3.05, 3.63) is 96.3 Å². The summed E-state index contributed by atoms with van der Waals surface area (Å²) in [5.74, 6) is 1.68. The second-order valence-corrected chi connectivity index (χ2v) is 8.25. The molecule has 174 valence electrons. The summed E-state index contributed by atoms with van der Waals surface area (Å²) in [4.78, 5) is 8.20. The van der Waals surface area contributed by atoms with Crippen molar-refractivity contribution in [2.75, 3.05) is 11.5 Å². The van der Waals surface area contributed by atoms with E-state index in [1.807, 2.05) is 61.5 Å². The molecule has 0 aliphatic heterocycles. The Labute approximate surface area is 207 Å². The second kappa shape index (κ2) is 9.52. The van der Waals surface area contributed by atoms with Crippen molar-refractivity contribution in [1.29, 1.82) is 0 Å². The minimum atomic E-state index is 0.147. The van der Waals surface area contributed by atoms with Gasteiger partial charge in [-0.2, -0.15) is 9.97 Å². The van der Waals surface area contributed by atoms with Gasteiger partial charge < -0.3 is 20.3 Å². The number of aryl methyl sites for hydroxylation is 1. The molecule has 6 rings (SSSR count). The van der Waals surface area contributed by atoms with Crippen LogP contribution in [0.5, 0.6) is 0 Å². The second-order valence-electron chi connectivity index (χ2n) is 7.98. The zero-order valence-corrected chi connectivity index (χ0v) is 19.8. The highest BCUT2D eigenvalue weighted by molar-refractivity contribution is 6.17. The first kappa shape index (κ1) is 22.5. The fourth-order valence-electron chi connectivity index (χ4n) is 4.19. The van der Waals surface area contributed by atoms with E-state index in [0.29, 0.717) is 11.5 Å². The van der Waals surface area contributed by atoms with E-state index in [-0.39, 0.29) is 17.9 Å². The van der Waals surface area contributed by atoms with Crippen LogP contribution in [-0.2, 0) is 5.88 Å². The molecule has 0 saturated heterocycles. The molecular weight excluding hydrogens is 460 g/mol. The molecule has 0 saturated carbocycles. The van der Waals surface area contributed by atoms with Gasteiger partial charge in [0.05, 0.1) is 11.6 Å². The summed E-state index contributed by atoms with van der Waals surface area (Å²) in [6, 6.07) is 28.8. The molecule has 6 nitrogen and oxygen atoms in total. The largest absolute Gasteiger partial charge is 0.423 e. The molecule has 0 spiro atoms. The van der Waals surface area contributed by atoms with Gasteiger partial charge in [-0.05, 0) is 28.5 Å². The Morgan fingerprint density at radius 2 is 1.14 bits per heavy atom. The third-order valence-electron chi connectivity index (χ3n) is 5.72. The first-order valence-corrected chi connectivity index (χ1v) is 11.6. The molecule has 0 fully saturated rings. The van der Waals surface area contributed by atoms with Gasteiger partial charge >= 0.3 is 0 Å². The van der Waals surface area contributed by atoms with Gasteiger partial charge in [-0.25, -0.2) is 0 Å². The number of nitrogens with zero attached hydrogens (tertiary/aromatic N) is 2. The van der Waals surface area contributed by atoms with Crippen molar-refractivity contribution >= 4 is 45.2 Å². The number of benzene rings is 4. The van der Waals surface area contributed by atoms with Crippen LogP contribution in [0.15, 0.2) is 93.8 Å². The Morgan fingerprint density at radius 3 is 1.69 bits per heavy atom. The quantitative estimate of drug-likeness (QED) is 0.258. The number of hydrogen-bond donors (Lipinski definition) is 2. The van der Waals surface area contributed by atoms with E-state index in [1.165, 1.54) is 5.39 Å². The van der Waals surface area contributed by atoms with Crippen LogP contribution in [0.1, 0.15) is 11.4 Å². The van der Waals surface area contributed by atoms with Gasteiger partial charge in [0.2, 0.25) is 0 Å². The molecule has 0 amide bonds. The lowest BCUT2D eigenvalue weighted by Gasteiger charge is -2.04. The number of nitrogen functional groups attached to an aromatic ring is 2. The molecule has 0 radical (unpaired) electrons. The molecule has 0 bridgehead atoms. The van der Waals surface area contributed by atoms with Crippen molar-refractivity contribution < 1.29 is 8.83 Å². The topological polar surface area (TPSA) is 104 Å². The smallest absolute Gasteiger partial charge is 0.292 e. The van der Waals surface area contributed by atoms with E-state index in [0.717, 1.165) is 38.7 Å². The maximum Gasteiger partial charge on any atom is 0.292 e. The molecular formula is C28H23ClN4O2. The average Bonchev–Trinajstić information content (AvgIpc) is 3.43. The van der Waals surface area contributed by atoms with Crippen LogP contribution in [0.3, 0.4) is 0 Å². The molecule has 6 aromatic rings. The lowest BCUT2D eigenvalue weighted by Crippen LogP contribution is -1.85. The summed E-state index contributed by atoms with van der Waals surface area (Å²) >= 11 is 5.87. The molecule has 2 heterocycles. The third kappa shape index (κ3) is 4.44. The van der Waals surface area contributed by atoms with Crippen LogP contribution in [0.4, 0.5) is 12.0 Å². The molecule has 0 atom stereocenters. The van der Waals surface area contributed by atoms with Gasteiger partial charge in [-0.1, -0.05) is 84.9 Å². The van der Waals surface area contributed by atoms with E-state index >= 15 is 0 Å². The predicted octanol–water partition coefficient (Wildman–Crippen LogP) is 7.20. The fourth-order valence-corrected chi connectivity index (χ4v) is 4.37. The number of rotatable bonds is 3. The van der Waals surface area contributed by atoms with Gasteiger partial charge in [0.1, 0.15) is 5.69 Å². The van der Waals surface area contributed by atoms with Crippen LogP contribution >= 0.6 is 11.6 Å². The van der Waals surface area contributed by atoms with Crippen LogP contribution in [-0.4, -0.2) is 9.97 Å². The summed E-state index contributed by atoms with van der Waals surface area (Å²) in [5.41, 5.74) is 14.7. The number of fused-ring (bicyclic) bond motifs is 2. The lowest BCUT2D eigenvalue weighted by molar-refractivity contribution is 0.594. The minimum absolute atomic E-state index is 0.147. The standard InChI is InChI=1S/C14H11ClN2O.C14H12N2O/c15-8-12-13(18-14(16)17-12)11-7-3-5-9-4-1-2-6-10(9)11;1-9-13(17-14(15)16-9)12-8-4-6-10-5-2-3-7-11(10)12/h1-7H,8H2,(H2,16,17);2-8H,1H3,(H2,15,16). The normalized spacial score (nSPS) is 10.9. The Balaban J connectivity index is 0.000000145. The average molecular weight is 483 g/mol. The van der Waals surface area contributed by atoms with E-state index in [9.17, 15) is 0 Å². The first-order chi connectivity index (χ1) is 17.0. The van der Waals surface area contributed by atoms with Gasteiger partial charge in [0.15, 0.2) is 11.5 Å². The highest BCUT2D eigenvalue weighted by atomic mass is 35.5. The Hall–Kier alpha value is -4.29. The molecule has 35 heavy (non-hydrogen) atoms. The van der Waals surface area contributed by atoms with Crippen LogP contribution < -0.4 is 11.5 Å². The number of oxazole rings is 2. The van der Waals surface area contributed by atoms with Crippen molar-refractivity contribution in [2.24, 2.45) is 0 Å². The van der Waals surface area contributed by atoms with E-state index in [1.54, 1.807) is 0 Å². The van der Waals surface area contributed by atoms with Crippen LogP contribution in [0.2, 0.25) is 0 Å². The van der Waals surface area contributed by atoms with Gasteiger partial charge in [0, 0.05) is 11.1 Å². The highest BCUT2D eigenvalue weighted by Crippen LogP contribution is 2.33. The number of anilines is 2. The Kier molecular flexibility index (Phi) is 6.12. The number of hydrogen-bond acceptors (Lipinski definition) is 6. The van der Waals surface area contributed by atoms with Crippen molar-refractivity contribution in [2.45, 2.75) is 12.8 Å². The summed E-state index contributed by atoms with van der Waals surface area (Å²) in [7, 11) is 0. The van der Waals surface area contributed by atoms with Crippen LogP contribution in [0.25, 0.3) is 44.2 Å². The summed E-state index contributed by atoms with van der Waals surface area (Å²) < 4.78 is 11.0. The lowest BCUT2D eigenvalue weighted by atomic mass is 10.0. The molecule has 4 aromatic carbocycles. The number of nitrogens with two attached hydrogens (primary N) is 2. The first-order valence-electron chi connectivity index (χ1n) is 11.1. The fraction of sp³-hybridized carbons (Fsp3) is 0.0714. The van der Waals surface area contributed by atoms with E-state index < -0.39 is 0 Å². The van der Waals surface area contributed by atoms with Crippen molar-refractivity contribution in [3.8, 4) is 22.6 Å². The van der Waals surface area contributed by atoms with Gasteiger partial charge in [0.25, 0.3) is 12.0 Å². The van der Waals surface area contributed by atoms with Crippen molar-refractivity contribution in [1.82, 2.24) is 9.97 Å². The monoisotopic (exact) mass is 482 g/mol.